The number of hydrogen-bond donors (Lipinski definition) is 3. The van der Waals surface area contributed by atoms with Crippen LogP contribution in [-0.4, -0.2) is 49.0 Å². The van der Waals surface area contributed by atoms with E-state index in [1.54, 1.807) is 31.5 Å². The molecule has 2 aliphatic carbocycles. The summed E-state index contributed by atoms with van der Waals surface area (Å²) in [5.74, 6) is 0.301. The quantitative estimate of drug-likeness (QED) is 0.402. The SMILES string of the molecule is COC[C@@H](C)NC1CCC(Nc2cc(-c3cc(NCC4(F)CC4)ccc3F)c(Cl)cn2)CC1. The van der Waals surface area contributed by atoms with E-state index < -0.39 is 5.67 Å². The van der Waals surface area contributed by atoms with E-state index in [2.05, 4.69) is 27.9 Å². The zero-order chi connectivity index (χ0) is 23.4. The summed E-state index contributed by atoms with van der Waals surface area (Å²) < 4.78 is 33.9. The number of ether oxygens (including phenoxy) is 1. The second-order valence-electron chi connectivity index (χ2n) is 9.46. The van der Waals surface area contributed by atoms with Gasteiger partial charge in [0.1, 0.15) is 17.3 Å². The van der Waals surface area contributed by atoms with Gasteiger partial charge < -0.3 is 20.7 Å². The van der Waals surface area contributed by atoms with Crippen LogP contribution in [0.3, 0.4) is 0 Å². The number of anilines is 2. The van der Waals surface area contributed by atoms with Gasteiger partial charge in [0.2, 0.25) is 0 Å². The van der Waals surface area contributed by atoms with Gasteiger partial charge in [-0.1, -0.05) is 11.6 Å². The van der Waals surface area contributed by atoms with Gasteiger partial charge in [-0.2, -0.15) is 0 Å². The van der Waals surface area contributed by atoms with Crippen LogP contribution >= 0.6 is 11.6 Å². The van der Waals surface area contributed by atoms with Crippen molar-refractivity contribution >= 4 is 23.1 Å². The number of methoxy groups -OCH3 is 1. The van der Waals surface area contributed by atoms with E-state index in [1.807, 2.05) is 0 Å². The van der Waals surface area contributed by atoms with E-state index in [4.69, 9.17) is 16.3 Å². The van der Waals surface area contributed by atoms with Gasteiger partial charge in [-0.3, -0.25) is 0 Å². The van der Waals surface area contributed by atoms with Crippen molar-refractivity contribution in [2.45, 2.75) is 69.2 Å². The topological polar surface area (TPSA) is 58.2 Å². The second kappa shape index (κ2) is 10.5. The molecule has 0 saturated heterocycles. The standard InChI is InChI=1S/C25H33ClF2N4O/c1-16(14-33-2)31-17-3-5-18(6-4-17)32-24-12-20(22(26)13-29-24)21-11-19(7-8-23(21)27)30-15-25(28)9-10-25/h7-8,11-13,16-18,30-31H,3-6,9-10,14-15H2,1-2H3,(H,29,32)/t16-,17?,18?/m1/s1. The van der Waals surface area contributed by atoms with Crippen LogP contribution in [0.2, 0.25) is 5.02 Å². The van der Waals surface area contributed by atoms with Crippen molar-refractivity contribution in [3.05, 3.63) is 41.3 Å². The minimum absolute atomic E-state index is 0.233. The van der Waals surface area contributed by atoms with Gasteiger partial charge in [0, 0.05) is 54.8 Å². The van der Waals surface area contributed by atoms with Gasteiger partial charge >= 0.3 is 0 Å². The third kappa shape index (κ3) is 6.55. The summed E-state index contributed by atoms with van der Waals surface area (Å²) in [6, 6.07) is 7.63. The summed E-state index contributed by atoms with van der Waals surface area (Å²) in [7, 11) is 1.72. The second-order valence-corrected chi connectivity index (χ2v) is 9.87. The molecule has 2 aliphatic rings. The van der Waals surface area contributed by atoms with E-state index in [0.29, 0.717) is 65.2 Å². The normalized spacial score (nSPS) is 22.6. The molecule has 0 amide bonds. The van der Waals surface area contributed by atoms with E-state index >= 15 is 0 Å². The molecule has 0 aliphatic heterocycles. The minimum Gasteiger partial charge on any atom is -0.383 e. The number of pyridine rings is 1. The third-order valence-corrected chi connectivity index (χ3v) is 6.83. The zero-order valence-corrected chi connectivity index (χ0v) is 20.0. The maximum Gasteiger partial charge on any atom is 0.131 e. The van der Waals surface area contributed by atoms with E-state index in [-0.39, 0.29) is 12.4 Å². The molecule has 4 rings (SSSR count). The lowest BCUT2D eigenvalue weighted by molar-refractivity contribution is 0.161. The van der Waals surface area contributed by atoms with E-state index in [1.165, 1.54) is 6.07 Å². The highest BCUT2D eigenvalue weighted by molar-refractivity contribution is 6.33. The van der Waals surface area contributed by atoms with Gasteiger partial charge in [-0.25, -0.2) is 13.8 Å². The van der Waals surface area contributed by atoms with Crippen LogP contribution < -0.4 is 16.0 Å². The molecule has 2 aromatic rings. The van der Waals surface area contributed by atoms with Crippen molar-refractivity contribution in [2.24, 2.45) is 0 Å². The van der Waals surface area contributed by atoms with Crippen LogP contribution in [0.1, 0.15) is 45.4 Å². The van der Waals surface area contributed by atoms with Crippen molar-refractivity contribution in [1.29, 1.82) is 0 Å². The molecule has 1 aromatic carbocycles. The first kappa shape index (κ1) is 24.2. The summed E-state index contributed by atoms with van der Waals surface area (Å²) in [5.41, 5.74) is 0.488. The largest absolute Gasteiger partial charge is 0.383 e. The van der Waals surface area contributed by atoms with Gasteiger partial charge in [-0.15, -0.1) is 0 Å². The molecule has 33 heavy (non-hydrogen) atoms. The Morgan fingerprint density at radius 3 is 2.58 bits per heavy atom. The fourth-order valence-corrected chi connectivity index (χ4v) is 4.66. The van der Waals surface area contributed by atoms with Gasteiger partial charge in [-0.05, 0) is 69.7 Å². The lowest BCUT2D eigenvalue weighted by Gasteiger charge is -2.32. The Hall–Kier alpha value is -1.96. The smallest absolute Gasteiger partial charge is 0.131 e. The molecule has 0 radical (unpaired) electrons. The highest BCUT2D eigenvalue weighted by atomic mass is 35.5. The van der Waals surface area contributed by atoms with E-state index in [0.717, 1.165) is 25.7 Å². The molecule has 1 atom stereocenters. The number of alkyl halides is 1. The number of rotatable bonds is 10. The lowest BCUT2D eigenvalue weighted by atomic mass is 9.90. The molecular weight excluding hydrogens is 446 g/mol. The van der Waals surface area contributed by atoms with Crippen LogP contribution in [0.15, 0.2) is 30.5 Å². The Morgan fingerprint density at radius 1 is 1.15 bits per heavy atom. The molecule has 1 aromatic heterocycles. The average molecular weight is 479 g/mol. The number of nitrogens with zero attached hydrogens (tertiary/aromatic N) is 1. The van der Waals surface area contributed by atoms with Crippen LogP contribution in [0.5, 0.6) is 0 Å². The van der Waals surface area contributed by atoms with Crippen molar-refractivity contribution in [3.63, 3.8) is 0 Å². The predicted molar refractivity (Wildman–Crippen MR) is 130 cm³/mol. The molecule has 0 spiro atoms. The minimum atomic E-state index is -1.13. The first-order valence-electron chi connectivity index (χ1n) is 11.7. The van der Waals surface area contributed by atoms with Crippen molar-refractivity contribution < 1.29 is 13.5 Å². The van der Waals surface area contributed by atoms with Crippen molar-refractivity contribution in [2.75, 3.05) is 30.9 Å². The van der Waals surface area contributed by atoms with Crippen LogP contribution in [0.25, 0.3) is 11.1 Å². The first-order chi connectivity index (χ1) is 15.8. The third-order valence-electron chi connectivity index (χ3n) is 6.53. The number of halogens is 3. The van der Waals surface area contributed by atoms with Crippen LogP contribution in [0.4, 0.5) is 20.3 Å². The maximum atomic E-state index is 14.7. The number of hydrogen-bond acceptors (Lipinski definition) is 5. The first-order valence-corrected chi connectivity index (χ1v) is 12.1. The molecule has 3 N–H and O–H groups in total. The molecule has 8 heteroatoms. The molecule has 2 fully saturated rings. The summed E-state index contributed by atoms with van der Waals surface area (Å²) in [4.78, 5) is 4.42. The summed E-state index contributed by atoms with van der Waals surface area (Å²) in [6.45, 7) is 3.08. The molecule has 5 nitrogen and oxygen atoms in total. The molecule has 0 unspecified atom stereocenters. The average Bonchev–Trinajstić information content (AvgIpc) is 3.53. The Morgan fingerprint density at radius 2 is 1.88 bits per heavy atom. The van der Waals surface area contributed by atoms with Gasteiger partial charge in [0.05, 0.1) is 11.6 Å². The fourth-order valence-electron chi connectivity index (χ4n) is 4.45. The Bertz CT molecular complexity index is 948. The number of aromatic nitrogens is 1. The van der Waals surface area contributed by atoms with Crippen LogP contribution in [0, 0.1) is 5.82 Å². The molecular formula is C25H33ClF2N4O. The summed E-state index contributed by atoms with van der Waals surface area (Å²) >= 11 is 6.39. The Kier molecular flexibility index (Phi) is 7.72. The Balaban J connectivity index is 1.40. The van der Waals surface area contributed by atoms with Crippen LogP contribution in [-0.2, 0) is 4.74 Å². The predicted octanol–water partition coefficient (Wildman–Crippen LogP) is 5.80. The van der Waals surface area contributed by atoms with Gasteiger partial charge in [0.25, 0.3) is 0 Å². The van der Waals surface area contributed by atoms with Crippen molar-refractivity contribution in [3.8, 4) is 11.1 Å². The summed E-state index contributed by atoms with van der Waals surface area (Å²) in [6.07, 6.45) is 6.90. The molecule has 180 valence electrons. The highest BCUT2D eigenvalue weighted by Crippen LogP contribution is 2.40. The fraction of sp³-hybridized carbons (Fsp3) is 0.560. The molecule has 1 heterocycles. The highest BCUT2D eigenvalue weighted by Gasteiger charge is 2.42. The molecule has 0 bridgehead atoms. The summed E-state index contributed by atoms with van der Waals surface area (Å²) in [5, 5.41) is 10.6. The lowest BCUT2D eigenvalue weighted by Crippen LogP contribution is -2.42. The Labute approximate surface area is 199 Å². The van der Waals surface area contributed by atoms with Crippen molar-refractivity contribution in [1.82, 2.24) is 10.3 Å². The zero-order valence-electron chi connectivity index (χ0n) is 19.3. The van der Waals surface area contributed by atoms with Gasteiger partial charge in [0.15, 0.2) is 0 Å². The number of benzene rings is 1. The molecule has 2 saturated carbocycles. The maximum absolute atomic E-state index is 14.7. The van der Waals surface area contributed by atoms with E-state index in [9.17, 15) is 8.78 Å². The number of nitrogens with one attached hydrogen (secondary N) is 3. The monoisotopic (exact) mass is 478 g/mol.